The molecule has 0 bridgehead atoms. The lowest BCUT2D eigenvalue weighted by Gasteiger charge is -2.25. The van der Waals surface area contributed by atoms with E-state index in [1.807, 2.05) is 0 Å². The van der Waals surface area contributed by atoms with Crippen molar-refractivity contribution in [2.75, 3.05) is 18.4 Å². The van der Waals surface area contributed by atoms with Crippen LogP contribution < -0.4 is 15.8 Å². The van der Waals surface area contributed by atoms with E-state index in [-0.39, 0.29) is 10.9 Å². The second-order valence-corrected chi connectivity index (χ2v) is 5.94. The van der Waals surface area contributed by atoms with E-state index in [2.05, 4.69) is 10.6 Å². The zero-order chi connectivity index (χ0) is 13.2. The van der Waals surface area contributed by atoms with E-state index in [0.29, 0.717) is 5.69 Å². The fourth-order valence-corrected chi connectivity index (χ4v) is 2.51. The molecule has 1 atom stereocenters. The first-order valence-electron chi connectivity index (χ1n) is 5.76. The van der Waals surface area contributed by atoms with Gasteiger partial charge in [0.2, 0.25) is 10.0 Å². The van der Waals surface area contributed by atoms with Gasteiger partial charge in [-0.15, -0.1) is 0 Å². The third kappa shape index (κ3) is 3.18. The lowest BCUT2D eigenvalue weighted by Crippen LogP contribution is -2.38. The summed E-state index contributed by atoms with van der Waals surface area (Å²) in [6, 6.07) is 3.81. The van der Waals surface area contributed by atoms with Crippen LogP contribution in [0.15, 0.2) is 23.1 Å². The molecule has 0 saturated carbocycles. The van der Waals surface area contributed by atoms with Gasteiger partial charge in [0, 0.05) is 12.6 Å². The van der Waals surface area contributed by atoms with Gasteiger partial charge in [-0.3, -0.25) is 0 Å². The molecule has 7 heteroatoms. The molecular weight excluding hydrogens is 257 g/mol. The van der Waals surface area contributed by atoms with Crippen molar-refractivity contribution in [1.82, 2.24) is 5.32 Å². The Morgan fingerprint density at radius 3 is 2.78 bits per heavy atom. The molecule has 1 heterocycles. The number of piperidine rings is 1. The number of halogens is 1. The summed E-state index contributed by atoms with van der Waals surface area (Å²) in [5.41, 5.74) is 0.302. The molecule has 1 aromatic rings. The summed E-state index contributed by atoms with van der Waals surface area (Å²) in [5.74, 6) is -0.605. The lowest BCUT2D eigenvalue weighted by atomic mass is 10.1. The molecule has 1 aliphatic heterocycles. The second-order valence-electron chi connectivity index (χ2n) is 4.37. The minimum absolute atomic E-state index is 0.161. The van der Waals surface area contributed by atoms with Gasteiger partial charge in [0.15, 0.2) is 0 Å². The number of primary sulfonamides is 1. The maximum Gasteiger partial charge on any atom is 0.238 e. The van der Waals surface area contributed by atoms with Gasteiger partial charge in [-0.1, -0.05) is 0 Å². The second kappa shape index (κ2) is 5.21. The number of anilines is 1. The van der Waals surface area contributed by atoms with Crippen LogP contribution in [0.25, 0.3) is 0 Å². The fraction of sp³-hybridized carbons (Fsp3) is 0.455. The number of rotatable bonds is 3. The summed E-state index contributed by atoms with van der Waals surface area (Å²) in [5, 5.41) is 11.2. The predicted molar refractivity (Wildman–Crippen MR) is 67.3 cm³/mol. The Balaban J connectivity index is 2.14. The first-order valence-corrected chi connectivity index (χ1v) is 7.31. The van der Waals surface area contributed by atoms with Crippen molar-refractivity contribution < 1.29 is 12.8 Å². The smallest absolute Gasteiger partial charge is 0.238 e. The molecule has 5 nitrogen and oxygen atoms in total. The maximum absolute atomic E-state index is 13.7. The quantitative estimate of drug-likeness (QED) is 0.754. The van der Waals surface area contributed by atoms with E-state index in [9.17, 15) is 12.8 Å². The third-order valence-electron chi connectivity index (χ3n) is 2.93. The SMILES string of the molecule is NS(=O)(=O)c1ccc(NC2CCCNC2)c(F)c1. The molecule has 1 fully saturated rings. The molecule has 1 aromatic carbocycles. The van der Waals surface area contributed by atoms with Crippen LogP contribution in [0.1, 0.15) is 12.8 Å². The lowest BCUT2D eigenvalue weighted by molar-refractivity contribution is 0.477. The molecule has 0 aliphatic carbocycles. The van der Waals surface area contributed by atoms with Crippen LogP contribution in [0, 0.1) is 5.82 Å². The van der Waals surface area contributed by atoms with Crippen LogP contribution in [-0.2, 0) is 10.0 Å². The van der Waals surface area contributed by atoms with Gasteiger partial charge >= 0.3 is 0 Å². The van der Waals surface area contributed by atoms with Crippen molar-refractivity contribution in [1.29, 1.82) is 0 Å². The molecule has 100 valence electrons. The third-order valence-corrected chi connectivity index (χ3v) is 3.84. The Morgan fingerprint density at radius 1 is 1.44 bits per heavy atom. The normalized spacial score (nSPS) is 20.7. The Morgan fingerprint density at radius 2 is 2.22 bits per heavy atom. The summed E-state index contributed by atoms with van der Waals surface area (Å²) in [4.78, 5) is -0.215. The molecule has 1 saturated heterocycles. The van der Waals surface area contributed by atoms with Gasteiger partial charge < -0.3 is 10.6 Å². The van der Waals surface area contributed by atoms with Crippen LogP contribution in [0.2, 0.25) is 0 Å². The van der Waals surface area contributed by atoms with E-state index >= 15 is 0 Å². The highest BCUT2D eigenvalue weighted by atomic mass is 32.2. The largest absolute Gasteiger partial charge is 0.379 e. The van der Waals surface area contributed by atoms with Crippen LogP contribution in [-0.4, -0.2) is 27.5 Å². The number of benzene rings is 1. The van der Waals surface area contributed by atoms with Gasteiger partial charge in [0.1, 0.15) is 5.82 Å². The number of sulfonamides is 1. The summed E-state index contributed by atoms with van der Waals surface area (Å²) >= 11 is 0. The zero-order valence-corrected chi connectivity index (χ0v) is 10.6. The summed E-state index contributed by atoms with van der Waals surface area (Å²) in [6.07, 6.45) is 2.00. The van der Waals surface area contributed by atoms with Crippen molar-refractivity contribution in [2.45, 2.75) is 23.8 Å². The zero-order valence-electron chi connectivity index (χ0n) is 9.82. The molecule has 0 radical (unpaired) electrons. The van der Waals surface area contributed by atoms with E-state index in [4.69, 9.17) is 5.14 Å². The van der Waals surface area contributed by atoms with Crippen molar-refractivity contribution in [3.05, 3.63) is 24.0 Å². The Hall–Kier alpha value is -1.18. The van der Waals surface area contributed by atoms with Gasteiger partial charge in [-0.2, -0.15) is 0 Å². The van der Waals surface area contributed by atoms with Gasteiger partial charge in [-0.25, -0.2) is 17.9 Å². The monoisotopic (exact) mass is 273 g/mol. The van der Waals surface area contributed by atoms with Crippen LogP contribution in [0.3, 0.4) is 0 Å². The van der Waals surface area contributed by atoms with Crippen molar-refractivity contribution in [2.24, 2.45) is 5.14 Å². The highest BCUT2D eigenvalue weighted by Crippen LogP contribution is 2.20. The van der Waals surface area contributed by atoms with E-state index in [1.54, 1.807) is 0 Å². The number of hydrogen-bond acceptors (Lipinski definition) is 4. The molecule has 4 N–H and O–H groups in total. The van der Waals surface area contributed by atoms with Gasteiger partial charge in [0.05, 0.1) is 10.6 Å². The Labute approximate surface area is 106 Å². The molecular formula is C11H16FN3O2S. The number of nitrogens with one attached hydrogen (secondary N) is 2. The Bertz CT molecular complexity index is 527. The summed E-state index contributed by atoms with van der Waals surface area (Å²) in [6.45, 7) is 1.75. The molecule has 0 aromatic heterocycles. The average Bonchev–Trinajstić information content (AvgIpc) is 2.32. The topological polar surface area (TPSA) is 84.2 Å². The predicted octanol–water partition coefficient (Wildman–Crippen LogP) is 0.637. The van der Waals surface area contributed by atoms with Gasteiger partial charge in [0.25, 0.3) is 0 Å². The fourth-order valence-electron chi connectivity index (χ4n) is 1.98. The Kier molecular flexibility index (Phi) is 3.84. The first-order chi connectivity index (χ1) is 8.47. The minimum atomic E-state index is -3.86. The van der Waals surface area contributed by atoms with Crippen molar-refractivity contribution in [3.8, 4) is 0 Å². The highest BCUT2D eigenvalue weighted by Gasteiger charge is 2.16. The maximum atomic E-state index is 13.7. The van der Waals surface area contributed by atoms with Crippen molar-refractivity contribution in [3.63, 3.8) is 0 Å². The van der Waals surface area contributed by atoms with Crippen LogP contribution >= 0.6 is 0 Å². The van der Waals surface area contributed by atoms with Gasteiger partial charge in [-0.05, 0) is 37.6 Å². The highest BCUT2D eigenvalue weighted by molar-refractivity contribution is 7.89. The molecule has 0 amide bonds. The molecule has 1 aliphatic rings. The van der Waals surface area contributed by atoms with E-state index < -0.39 is 15.8 Å². The molecule has 0 spiro atoms. The standard InChI is InChI=1S/C11H16FN3O2S/c12-10-6-9(18(13,16)17)3-4-11(10)15-8-2-1-5-14-7-8/h3-4,6,8,14-15H,1-2,5,7H2,(H2,13,16,17). The molecule has 2 rings (SSSR count). The summed E-state index contributed by atoms with van der Waals surface area (Å²) in [7, 11) is -3.86. The minimum Gasteiger partial charge on any atom is -0.379 e. The van der Waals surface area contributed by atoms with Crippen molar-refractivity contribution >= 4 is 15.7 Å². The van der Waals surface area contributed by atoms with Crippen LogP contribution in [0.5, 0.6) is 0 Å². The number of hydrogen-bond donors (Lipinski definition) is 3. The first kappa shape index (κ1) is 13.3. The molecule has 1 unspecified atom stereocenters. The van der Waals surface area contributed by atoms with Crippen LogP contribution in [0.4, 0.5) is 10.1 Å². The average molecular weight is 273 g/mol. The van der Waals surface area contributed by atoms with E-state index in [1.165, 1.54) is 12.1 Å². The molecule has 18 heavy (non-hydrogen) atoms. The van der Waals surface area contributed by atoms with E-state index in [0.717, 1.165) is 32.0 Å². The number of nitrogens with two attached hydrogens (primary N) is 1. The summed E-state index contributed by atoms with van der Waals surface area (Å²) < 4.78 is 35.9.